The van der Waals surface area contributed by atoms with E-state index in [1.54, 1.807) is 48.9 Å². The van der Waals surface area contributed by atoms with Crippen molar-refractivity contribution in [3.05, 3.63) is 62.9 Å². The highest BCUT2D eigenvalue weighted by Gasteiger charge is 2.22. The predicted molar refractivity (Wildman–Crippen MR) is 95.6 cm³/mol. The molecular weight excluding hydrogens is 362 g/mol. The Morgan fingerprint density at radius 1 is 1.38 bits per heavy atom. The van der Waals surface area contributed by atoms with E-state index in [4.69, 9.17) is 16.3 Å². The summed E-state index contributed by atoms with van der Waals surface area (Å²) in [7, 11) is 0. The van der Waals surface area contributed by atoms with Gasteiger partial charge in [-0.25, -0.2) is 4.79 Å². The normalized spacial score (nSPS) is 11.7. The molecule has 0 aliphatic rings. The lowest BCUT2D eigenvalue weighted by Crippen LogP contribution is -2.39. The van der Waals surface area contributed by atoms with Gasteiger partial charge in [-0.1, -0.05) is 11.6 Å². The lowest BCUT2D eigenvalue weighted by Gasteiger charge is -2.15. The van der Waals surface area contributed by atoms with Gasteiger partial charge in [-0.2, -0.15) is 0 Å². The number of rotatable bonds is 7. The molecule has 1 aromatic carbocycles. The zero-order chi connectivity index (χ0) is 19.3. The van der Waals surface area contributed by atoms with Crippen LogP contribution in [0.3, 0.4) is 0 Å². The molecule has 1 heterocycles. The molecule has 0 aliphatic heterocycles. The molecule has 0 fully saturated rings. The standard InChI is InChI=1S/C17H18ClN3O5/c1-3-26-17(23)19-11(2)16(22)14-5-4-8-20(14)10-12-6-7-13(18)9-15(12)21(24)25/h4-9,11H,3,10H2,1-2H3,(H,19,23). The van der Waals surface area contributed by atoms with E-state index in [0.717, 1.165) is 0 Å². The number of Topliss-reactive ketones (excluding diaryl/α,β-unsaturated/α-hetero) is 1. The molecule has 0 spiro atoms. The summed E-state index contributed by atoms with van der Waals surface area (Å²) in [6.45, 7) is 3.52. The number of carbonyl (C=O) groups is 2. The van der Waals surface area contributed by atoms with Gasteiger partial charge >= 0.3 is 6.09 Å². The average molecular weight is 380 g/mol. The number of alkyl carbamates (subject to hydrolysis) is 1. The van der Waals surface area contributed by atoms with Crippen molar-refractivity contribution in [3.63, 3.8) is 0 Å². The van der Waals surface area contributed by atoms with Crippen LogP contribution < -0.4 is 5.32 Å². The zero-order valence-corrected chi connectivity index (χ0v) is 15.0. The summed E-state index contributed by atoms with van der Waals surface area (Å²) < 4.78 is 6.35. The van der Waals surface area contributed by atoms with Gasteiger partial charge < -0.3 is 14.6 Å². The molecule has 1 unspecified atom stereocenters. The van der Waals surface area contributed by atoms with Gasteiger partial charge in [0.15, 0.2) is 0 Å². The molecule has 8 nitrogen and oxygen atoms in total. The number of nitro groups is 1. The zero-order valence-electron chi connectivity index (χ0n) is 14.3. The number of ketones is 1. The maximum absolute atomic E-state index is 12.6. The molecule has 0 aliphatic carbocycles. The van der Waals surface area contributed by atoms with Gasteiger partial charge in [-0.05, 0) is 38.1 Å². The molecule has 1 aromatic heterocycles. The Morgan fingerprint density at radius 3 is 2.77 bits per heavy atom. The molecule has 0 bridgehead atoms. The van der Waals surface area contributed by atoms with Crippen molar-refractivity contribution in [2.24, 2.45) is 0 Å². The molecule has 2 aromatic rings. The first kappa shape index (κ1) is 19.5. The molecule has 1 amide bonds. The van der Waals surface area contributed by atoms with Crippen molar-refractivity contribution >= 4 is 29.2 Å². The Morgan fingerprint density at radius 2 is 2.12 bits per heavy atom. The second-order valence-electron chi connectivity index (χ2n) is 5.50. The summed E-state index contributed by atoms with van der Waals surface area (Å²) in [6, 6.07) is 6.82. The molecule has 26 heavy (non-hydrogen) atoms. The van der Waals surface area contributed by atoms with Crippen LogP contribution >= 0.6 is 11.6 Å². The van der Waals surface area contributed by atoms with E-state index in [1.807, 2.05) is 0 Å². The van der Waals surface area contributed by atoms with Crippen LogP contribution in [0.1, 0.15) is 29.9 Å². The number of halogens is 1. The topological polar surface area (TPSA) is 103 Å². The molecular formula is C17H18ClN3O5. The van der Waals surface area contributed by atoms with Crippen LogP contribution in [0.5, 0.6) is 0 Å². The molecule has 2 rings (SSSR count). The highest BCUT2D eigenvalue weighted by atomic mass is 35.5. The first-order valence-electron chi connectivity index (χ1n) is 7.89. The summed E-state index contributed by atoms with van der Waals surface area (Å²) in [5.74, 6) is -0.334. The summed E-state index contributed by atoms with van der Waals surface area (Å²) >= 11 is 5.82. The van der Waals surface area contributed by atoms with Crippen LogP contribution in [-0.4, -0.2) is 34.0 Å². The van der Waals surface area contributed by atoms with Crippen molar-refractivity contribution in [2.45, 2.75) is 26.4 Å². The van der Waals surface area contributed by atoms with Crippen molar-refractivity contribution in [3.8, 4) is 0 Å². The second kappa shape index (κ2) is 8.48. The summed E-state index contributed by atoms with van der Waals surface area (Å²) in [5.41, 5.74) is 0.608. The summed E-state index contributed by atoms with van der Waals surface area (Å²) in [4.78, 5) is 34.8. The number of ether oxygens (including phenoxy) is 1. The first-order valence-corrected chi connectivity index (χ1v) is 8.26. The minimum atomic E-state index is -0.803. The number of amides is 1. The fraction of sp³-hybridized carbons (Fsp3) is 0.294. The van der Waals surface area contributed by atoms with Crippen molar-refractivity contribution in [1.82, 2.24) is 9.88 Å². The summed E-state index contributed by atoms with van der Waals surface area (Å²) in [6.07, 6.45) is 0.961. The minimum absolute atomic E-state index is 0.119. The van der Waals surface area contributed by atoms with E-state index in [0.29, 0.717) is 11.3 Å². The predicted octanol–water partition coefficient (Wildman–Crippen LogP) is 3.42. The van der Waals surface area contributed by atoms with Crippen LogP contribution in [0.4, 0.5) is 10.5 Å². The number of nitrogens with one attached hydrogen (secondary N) is 1. The van der Waals surface area contributed by atoms with Gasteiger partial charge in [0.25, 0.3) is 5.69 Å². The van der Waals surface area contributed by atoms with Gasteiger partial charge in [-0.3, -0.25) is 14.9 Å². The maximum atomic E-state index is 12.6. The third-order valence-corrected chi connectivity index (χ3v) is 3.90. The fourth-order valence-corrected chi connectivity index (χ4v) is 2.60. The molecule has 0 saturated carbocycles. The quantitative estimate of drug-likeness (QED) is 0.451. The van der Waals surface area contributed by atoms with E-state index in [2.05, 4.69) is 5.32 Å². The van der Waals surface area contributed by atoms with Crippen LogP contribution in [0.15, 0.2) is 36.5 Å². The van der Waals surface area contributed by atoms with Crippen LogP contribution in [0.25, 0.3) is 0 Å². The van der Waals surface area contributed by atoms with E-state index in [1.165, 1.54) is 6.07 Å². The van der Waals surface area contributed by atoms with Gasteiger partial charge in [0.1, 0.15) is 0 Å². The molecule has 0 saturated heterocycles. The third kappa shape index (κ3) is 4.60. The van der Waals surface area contributed by atoms with Gasteiger partial charge in [0, 0.05) is 22.8 Å². The number of nitro benzene ring substituents is 1. The van der Waals surface area contributed by atoms with Crippen molar-refractivity contribution < 1.29 is 19.2 Å². The Bertz CT molecular complexity index is 834. The molecule has 138 valence electrons. The van der Waals surface area contributed by atoms with Gasteiger partial charge in [0.05, 0.1) is 29.8 Å². The smallest absolute Gasteiger partial charge is 0.407 e. The number of hydrogen-bond donors (Lipinski definition) is 1. The average Bonchev–Trinajstić information content (AvgIpc) is 3.03. The van der Waals surface area contributed by atoms with E-state index in [9.17, 15) is 19.7 Å². The Kier molecular flexibility index (Phi) is 6.35. The highest BCUT2D eigenvalue weighted by molar-refractivity contribution is 6.30. The number of hydrogen-bond acceptors (Lipinski definition) is 5. The van der Waals surface area contributed by atoms with Crippen LogP contribution in [-0.2, 0) is 11.3 Å². The van der Waals surface area contributed by atoms with E-state index in [-0.39, 0.29) is 29.6 Å². The molecule has 1 atom stereocenters. The highest BCUT2D eigenvalue weighted by Crippen LogP contribution is 2.24. The van der Waals surface area contributed by atoms with Crippen molar-refractivity contribution in [2.75, 3.05) is 6.61 Å². The monoisotopic (exact) mass is 379 g/mol. The Hall–Kier alpha value is -2.87. The lowest BCUT2D eigenvalue weighted by atomic mass is 10.1. The Labute approximate surface area is 154 Å². The number of aromatic nitrogens is 1. The van der Waals surface area contributed by atoms with Crippen LogP contribution in [0.2, 0.25) is 5.02 Å². The fourth-order valence-electron chi connectivity index (χ4n) is 2.44. The third-order valence-electron chi connectivity index (χ3n) is 3.67. The van der Waals surface area contributed by atoms with Gasteiger partial charge in [0.2, 0.25) is 5.78 Å². The first-order chi connectivity index (χ1) is 12.3. The molecule has 1 N–H and O–H groups in total. The largest absolute Gasteiger partial charge is 0.450 e. The molecule has 0 radical (unpaired) electrons. The molecule has 9 heteroatoms. The second-order valence-corrected chi connectivity index (χ2v) is 5.94. The maximum Gasteiger partial charge on any atom is 0.407 e. The van der Waals surface area contributed by atoms with E-state index >= 15 is 0 Å². The SMILES string of the molecule is CCOC(=O)NC(C)C(=O)c1cccn1Cc1ccc(Cl)cc1[N+](=O)[O-]. The van der Waals surface area contributed by atoms with E-state index < -0.39 is 17.1 Å². The number of carbonyl (C=O) groups excluding carboxylic acids is 2. The van der Waals surface area contributed by atoms with Crippen LogP contribution in [0, 0.1) is 10.1 Å². The summed E-state index contributed by atoms with van der Waals surface area (Å²) in [5, 5.41) is 13.9. The Balaban J connectivity index is 2.22. The van der Waals surface area contributed by atoms with Crippen molar-refractivity contribution in [1.29, 1.82) is 0 Å². The number of benzene rings is 1. The van der Waals surface area contributed by atoms with Gasteiger partial charge in [-0.15, -0.1) is 0 Å². The number of nitrogens with zero attached hydrogens (tertiary/aromatic N) is 2. The minimum Gasteiger partial charge on any atom is -0.450 e. The lowest BCUT2D eigenvalue weighted by molar-refractivity contribution is -0.385.